The smallest absolute Gasteiger partial charge is 0.287 e. The lowest BCUT2D eigenvalue weighted by atomic mass is 10.2. The van der Waals surface area contributed by atoms with Gasteiger partial charge in [0.15, 0.2) is 0 Å². The molecule has 0 aliphatic heterocycles. The van der Waals surface area contributed by atoms with Crippen molar-refractivity contribution < 1.29 is 4.92 Å². The highest BCUT2D eigenvalue weighted by atomic mass is 32.1. The summed E-state index contributed by atoms with van der Waals surface area (Å²) in [5.74, 6) is 0.682. The van der Waals surface area contributed by atoms with E-state index in [9.17, 15) is 10.1 Å². The summed E-state index contributed by atoms with van der Waals surface area (Å²) in [5.41, 5.74) is 0.787. The number of rotatable bonds is 4. The number of thiophene rings is 1. The van der Waals surface area contributed by atoms with E-state index in [1.165, 1.54) is 17.1 Å². The van der Waals surface area contributed by atoms with Gasteiger partial charge in [-0.1, -0.05) is 6.07 Å². The second-order valence-corrected chi connectivity index (χ2v) is 4.98. The van der Waals surface area contributed by atoms with Crippen molar-refractivity contribution in [2.24, 2.45) is 0 Å². The fourth-order valence-corrected chi connectivity index (χ4v) is 2.36. The SMILES string of the molecule is Cc1cc([N+](=O)[O-])cnc1NC(C)c1cccs1. The van der Waals surface area contributed by atoms with Crippen molar-refractivity contribution in [2.45, 2.75) is 19.9 Å². The van der Waals surface area contributed by atoms with E-state index in [-0.39, 0.29) is 11.7 Å². The van der Waals surface area contributed by atoms with Crippen LogP contribution in [0.4, 0.5) is 11.5 Å². The molecule has 1 atom stereocenters. The van der Waals surface area contributed by atoms with Crippen molar-refractivity contribution in [3.05, 3.63) is 50.3 Å². The van der Waals surface area contributed by atoms with Gasteiger partial charge in [0, 0.05) is 10.9 Å². The van der Waals surface area contributed by atoms with Crippen LogP contribution in [0.5, 0.6) is 0 Å². The van der Waals surface area contributed by atoms with Gasteiger partial charge >= 0.3 is 0 Å². The molecule has 5 nitrogen and oxygen atoms in total. The lowest BCUT2D eigenvalue weighted by Crippen LogP contribution is -2.08. The molecule has 0 amide bonds. The van der Waals surface area contributed by atoms with Crippen molar-refractivity contribution in [1.29, 1.82) is 0 Å². The van der Waals surface area contributed by atoms with E-state index in [4.69, 9.17) is 0 Å². The topological polar surface area (TPSA) is 68.1 Å². The second-order valence-electron chi connectivity index (χ2n) is 4.00. The monoisotopic (exact) mass is 263 g/mol. The summed E-state index contributed by atoms with van der Waals surface area (Å²) >= 11 is 1.67. The molecule has 2 aromatic heterocycles. The van der Waals surface area contributed by atoms with Crippen molar-refractivity contribution in [1.82, 2.24) is 4.98 Å². The third kappa shape index (κ3) is 2.65. The predicted octanol–water partition coefficient (Wildman–Crippen LogP) is 3.53. The number of aryl methyl sites for hydroxylation is 1. The van der Waals surface area contributed by atoms with E-state index >= 15 is 0 Å². The molecule has 2 rings (SSSR count). The minimum absolute atomic E-state index is 0.0156. The quantitative estimate of drug-likeness (QED) is 0.676. The second kappa shape index (κ2) is 5.14. The van der Waals surface area contributed by atoms with Crippen LogP contribution in [0.25, 0.3) is 0 Å². The molecule has 0 aliphatic rings. The van der Waals surface area contributed by atoms with E-state index in [0.29, 0.717) is 5.82 Å². The molecule has 2 aromatic rings. The molecular formula is C12H13N3O2S. The molecule has 0 fully saturated rings. The average Bonchev–Trinajstić information content (AvgIpc) is 2.85. The Kier molecular flexibility index (Phi) is 3.57. The van der Waals surface area contributed by atoms with Gasteiger partial charge in [0.05, 0.1) is 11.0 Å². The Hall–Kier alpha value is -1.95. The van der Waals surface area contributed by atoms with Crippen LogP contribution in [0.15, 0.2) is 29.8 Å². The van der Waals surface area contributed by atoms with Crippen molar-refractivity contribution >= 4 is 22.8 Å². The zero-order valence-electron chi connectivity index (χ0n) is 10.1. The number of nitrogens with one attached hydrogen (secondary N) is 1. The molecule has 0 radical (unpaired) electrons. The number of nitrogens with zero attached hydrogens (tertiary/aromatic N) is 2. The Morgan fingerprint density at radius 3 is 2.89 bits per heavy atom. The van der Waals surface area contributed by atoms with E-state index < -0.39 is 4.92 Å². The number of hydrogen-bond donors (Lipinski definition) is 1. The number of pyridine rings is 1. The fraction of sp³-hybridized carbons (Fsp3) is 0.250. The van der Waals surface area contributed by atoms with Gasteiger partial charge in [-0.15, -0.1) is 11.3 Å². The van der Waals surface area contributed by atoms with Gasteiger partial charge in [0.25, 0.3) is 5.69 Å². The zero-order chi connectivity index (χ0) is 13.1. The van der Waals surface area contributed by atoms with Crippen LogP contribution in [0.1, 0.15) is 23.4 Å². The lowest BCUT2D eigenvalue weighted by Gasteiger charge is -2.14. The molecule has 6 heteroatoms. The van der Waals surface area contributed by atoms with Gasteiger partial charge < -0.3 is 5.32 Å². The first-order valence-corrected chi connectivity index (χ1v) is 6.37. The minimum Gasteiger partial charge on any atom is -0.363 e. The average molecular weight is 263 g/mol. The summed E-state index contributed by atoms with van der Waals surface area (Å²) in [5, 5.41) is 15.9. The maximum absolute atomic E-state index is 10.6. The molecule has 1 N–H and O–H groups in total. The molecule has 0 bridgehead atoms. The summed E-state index contributed by atoms with van der Waals surface area (Å²) in [6, 6.07) is 5.70. The zero-order valence-corrected chi connectivity index (χ0v) is 10.9. The Labute approximate surface area is 109 Å². The number of hydrogen-bond acceptors (Lipinski definition) is 5. The number of aromatic nitrogens is 1. The summed E-state index contributed by atoms with van der Waals surface area (Å²) < 4.78 is 0. The van der Waals surface area contributed by atoms with Gasteiger partial charge in [-0.3, -0.25) is 10.1 Å². The van der Waals surface area contributed by atoms with Crippen LogP contribution >= 0.6 is 11.3 Å². The molecule has 0 saturated carbocycles. The van der Waals surface area contributed by atoms with Crippen molar-refractivity contribution in [3.63, 3.8) is 0 Å². The number of nitro groups is 1. The standard InChI is InChI=1S/C12H13N3O2S/c1-8-6-10(15(16)17)7-13-12(8)14-9(2)11-4-3-5-18-11/h3-7,9H,1-2H3,(H,13,14). The summed E-state index contributed by atoms with van der Waals surface area (Å²) in [4.78, 5) is 15.5. The highest BCUT2D eigenvalue weighted by molar-refractivity contribution is 7.10. The van der Waals surface area contributed by atoms with E-state index in [0.717, 1.165) is 5.56 Å². The molecule has 18 heavy (non-hydrogen) atoms. The van der Waals surface area contributed by atoms with Crippen LogP contribution in [0.3, 0.4) is 0 Å². The Morgan fingerprint density at radius 2 is 2.33 bits per heavy atom. The maximum atomic E-state index is 10.6. The van der Waals surface area contributed by atoms with E-state index in [1.807, 2.05) is 31.4 Å². The first-order chi connectivity index (χ1) is 8.58. The third-order valence-corrected chi connectivity index (χ3v) is 3.65. The van der Waals surface area contributed by atoms with Crippen molar-refractivity contribution in [2.75, 3.05) is 5.32 Å². The largest absolute Gasteiger partial charge is 0.363 e. The molecule has 0 spiro atoms. The molecule has 0 saturated heterocycles. The highest BCUT2D eigenvalue weighted by Crippen LogP contribution is 2.25. The molecule has 0 aromatic carbocycles. The molecular weight excluding hydrogens is 250 g/mol. The molecule has 0 aliphatic carbocycles. The Balaban J connectivity index is 2.17. The number of anilines is 1. The summed E-state index contributed by atoms with van der Waals surface area (Å²) in [6.45, 7) is 3.85. The van der Waals surface area contributed by atoms with E-state index in [2.05, 4.69) is 10.3 Å². The van der Waals surface area contributed by atoms with Crippen LogP contribution in [0, 0.1) is 17.0 Å². The first kappa shape index (κ1) is 12.5. The van der Waals surface area contributed by atoms with Gasteiger partial charge in [0.2, 0.25) is 0 Å². The molecule has 94 valence electrons. The van der Waals surface area contributed by atoms with Gasteiger partial charge in [-0.2, -0.15) is 0 Å². The molecule has 1 unspecified atom stereocenters. The third-order valence-electron chi connectivity index (χ3n) is 2.60. The Bertz CT molecular complexity index is 554. The van der Waals surface area contributed by atoms with Crippen LogP contribution < -0.4 is 5.32 Å². The van der Waals surface area contributed by atoms with Gasteiger partial charge in [-0.05, 0) is 30.9 Å². The minimum atomic E-state index is -0.438. The van der Waals surface area contributed by atoms with Crippen molar-refractivity contribution in [3.8, 4) is 0 Å². The highest BCUT2D eigenvalue weighted by Gasteiger charge is 2.12. The van der Waals surface area contributed by atoms with Crippen LogP contribution in [0.2, 0.25) is 0 Å². The maximum Gasteiger partial charge on any atom is 0.287 e. The molecule has 2 heterocycles. The summed E-state index contributed by atoms with van der Waals surface area (Å²) in [6.07, 6.45) is 1.27. The lowest BCUT2D eigenvalue weighted by molar-refractivity contribution is -0.385. The summed E-state index contributed by atoms with van der Waals surface area (Å²) in [7, 11) is 0. The predicted molar refractivity (Wildman–Crippen MR) is 72.0 cm³/mol. The van der Waals surface area contributed by atoms with Gasteiger partial charge in [0.1, 0.15) is 12.0 Å². The first-order valence-electron chi connectivity index (χ1n) is 5.49. The Morgan fingerprint density at radius 1 is 1.56 bits per heavy atom. The van der Waals surface area contributed by atoms with E-state index in [1.54, 1.807) is 11.3 Å². The van der Waals surface area contributed by atoms with Gasteiger partial charge in [-0.25, -0.2) is 4.98 Å². The van der Waals surface area contributed by atoms with Crippen LogP contribution in [-0.2, 0) is 0 Å². The fourth-order valence-electron chi connectivity index (χ4n) is 1.62. The van der Waals surface area contributed by atoms with Crippen LogP contribution in [-0.4, -0.2) is 9.91 Å². The normalized spacial score (nSPS) is 12.1.